The van der Waals surface area contributed by atoms with E-state index in [4.69, 9.17) is 4.74 Å². The molecule has 0 unspecified atom stereocenters. The Morgan fingerprint density at radius 3 is 2.63 bits per heavy atom. The highest BCUT2D eigenvalue weighted by Gasteiger charge is 2.27. The number of ether oxygens (including phenoxy) is 1. The van der Waals surface area contributed by atoms with Crippen LogP contribution in [0.25, 0.3) is 22.0 Å². The molecule has 180 valence electrons. The van der Waals surface area contributed by atoms with Gasteiger partial charge in [0.1, 0.15) is 5.75 Å². The van der Waals surface area contributed by atoms with Gasteiger partial charge in [0, 0.05) is 30.4 Å². The van der Waals surface area contributed by atoms with Crippen molar-refractivity contribution < 1.29 is 14.6 Å². The van der Waals surface area contributed by atoms with Gasteiger partial charge in [-0.05, 0) is 47.9 Å². The summed E-state index contributed by atoms with van der Waals surface area (Å²) in [5.41, 5.74) is 4.39. The molecule has 7 heteroatoms. The van der Waals surface area contributed by atoms with Crippen molar-refractivity contribution in [3.05, 3.63) is 77.7 Å². The van der Waals surface area contributed by atoms with E-state index < -0.39 is 6.10 Å². The van der Waals surface area contributed by atoms with Crippen LogP contribution in [0.15, 0.2) is 61.1 Å². The number of carbonyl (C=O) groups is 1. The van der Waals surface area contributed by atoms with Gasteiger partial charge in [-0.3, -0.25) is 14.5 Å². The first-order chi connectivity index (χ1) is 17.0. The Labute approximate surface area is 204 Å². The van der Waals surface area contributed by atoms with Crippen LogP contribution in [0.4, 0.5) is 0 Å². The van der Waals surface area contributed by atoms with Crippen molar-refractivity contribution in [3.63, 3.8) is 0 Å². The molecule has 2 heterocycles. The third-order valence-electron chi connectivity index (χ3n) is 6.80. The molecule has 1 aliphatic rings. The highest BCUT2D eigenvalue weighted by Crippen LogP contribution is 2.34. The summed E-state index contributed by atoms with van der Waals surface area (Å²) in [5.74, 6) is 0.335. The number of benzene rings is 2. The minimum Gasteiger partial charge on any atom is -0.495 e. The highest BCUT2D eigenvalue weighted by molar-refractivity contribution is 6.05. The number of methoxy groups -OCH3 is 1. The molecule has 35 heavy (non-hydrogen) atoms. The second-order valence-corrected chi connectivity index (χ2v) is 9.22. The van der Waals surface area contributed by atoms with Crippen molar-refractivity contribution in [2.24, 2.45) is 7.05 Å². The lowest BCUT2D eigenvalue weighted by atomic mass is 9.91. The Morgan fingerprint density at radius 2 is 1.94 bits per heavy atom. The number of pyridine rings is 1. The van der Waals surface area contributed by atoms with E-state index in [0.29, 0.717) is 24.2 Å². The Balaban J connectivity index is 1.48. The number of aliphatic hydroxyl groups excluding tert-OH is 1. The first-order valence-electron chi connectivity index (χ1n) is 12.0. The Kier molecular flexibility index (Phi) is 6.51. The van der Waals surface area contributed by atoms with E-state index in [2.05, 4.69) is 27.5 Å². The van der Waals surface area contributed by atoms with Crippen molar-refractivity contribution in [2.75, 3.05) is 7.11 Å². The molecule has 2 N–H and O–H groups in total. The van der Waals surface area contributed by atoms with Gasteiger partial charge in [-0.25, -0.2) is 0 Å². The average molecular weight is 471 g/mol. The average Bonchev–Trinajstić information content (AvgIpc) is 3.32. The Hall–Kier alpha value is -3.71. The zero-order chi connectivity index (χ0) is 24.4. The summed E-state index contributed by atoms with van der Waals surface area (Å²) in [5, 5.41) is 19.6. The van der Waals surface area contributed by atoms with Gasteiger partial charge in [0.05, 0.1) is 36.7 Å². The number of hydrogen-bond acceptors (Lipinski definition) is 5. The van der Waals surface area contributed by atoms with Crippen LogP contribution in [0, 0.1) is 0 Å². The molecule has 2 atom stereocenters. The van der Waals surface area contributed by atoms with E-state index in [-0.39, 0.29) is 11.9 Å². The molecule has 0 radical (unpaired) electrons. The molecule has 7 nitrogen and oxygen atoms in total. The maximum atomic E-state index is 13.4. The van der Waals surface area contributed by atoms with Crippen LogP contribution in [0.3, 0.4) is 0 Å². The summed E-state index contributed by atoms with van der Waals surface area (Å²) in [6.07, 6.45) is 9.21. The summed E-state index contributed by atoms with van der Waals surface area (Å²) < 4.78 is 7.48. The standard InChI is InChI=1S/C28H30N4O3/c1-32-17-20(16-30-32)24-12-11-18(15-29-24)13-19-14-23(27(35-2)22-8-4-3-7-21(19)22)28(34)31-25-9-5-6-10-26(25)33/h3-4,7-8,11-12,14-17,25-26,33H,5-6,9-10,13H2,1-2H3,(H,31,34)/t25-,26-/m0/s1. The quantitative estimate of drug-likeness (QED) is 0.439. The minimum atomic E-state index is -0.511. The van der Waals surface area contributed by atoms with Crippen molar-refractivity contribution in [3.8, 4) is 17.0 Å². The molecule has 1 saturated carbocycles. The highest BCUT2D eigenvalue weighted by atomic mass is 16.5. The molecule has 0 saturated heterocycles. The molecule has 0 aliphatic heterocycles. The summed E-state index contributed by atoms with van der Waals surface area (Å²) >= 11 is 0. The second-order valence-electron chi connectivity index (χ2n) is 9.22. The van der Waals surface area contributed by atoms with E-state index in [1.165, 1.54) is 0 Å². The van der Waals surface area contributed by atoms with Crippen LogP contribution in [0.1, 0.15) is 47.2 Å². The summed E-state index contributed by atoms with van der Waals surface area (Å²) in [4.78, 5) is 18.0. The summed E-state index contributed by atoms with van der Waals surface area (Å²) in [6.45, 7) is 0. The van der Waals surface area contributed by atoms with Crippen molar-refractivity contribution in [2.45, 2.75) is 44.2 Å². The van der Waals surface area contributed by atoms with E-state index >= 15 is 0 Å². The van der Waals surface area contributed by atoms with Gasteiger partial charge in [0.25, 0.3) is 5.91 Å². The molecule has 2 aromatic carbocycles. The number of hydrogen-bond donors (Lipinski definition) is 2. The molecular formula is C28H30N4O3. The molecular weight excluding hydrogens is 440 g/mol. The van der Waals surface area contributed by atoms with Gasteiger partial charge >= 0.3 is 0 Å². The van der Waals surface area contributed by atoms with E-state index in [9.17, 15) is 9.90 Å². The number of rotatable bonds is 6. The van der Waals surface area contributed by atoms with Gasteiger partial charge < -0.3 is 15.2 Å². The zero-order valence-electron chi connectivity index (χ0n) is 20.1. The molecule has 0 bridgehead atoms. The third-order valence-corrected chi connectivity index (χ3v) is 6.80. The fourth-order valence-electron chi connectivity index (χ4n) is 4.96. The van der Waals surface area contributed by atoms with Crippen LogP contribution >= 0.6 is 0 Å². The maximum Gasteiger partial charge on any atom is 0.255 e. The predicted molar refractivity (Wildman–Crippen MR) is 135 cm³/mol. The van der Waals surface area contributed by atoms with Crippen LogP contribution in [-0.2, 0) is 13.5 Å². The number of carbonyl (C=O) groups excluding carboxylic acids is 1. The van der Waals surface area contributed by atoms with Crippen LogP contribution in [-0.4, -0.2) is 45.0 Å². The smallest absolute Gasteiger partial charge is 0.255 e. The topological polar surface area (TPSA) is 89.3 Å². The molecule has 0 spiro atoms. The third kappa shape index (κ3) is 4.77. The van der Waals surface area contributed by atoms with E-state index in [1.54, 1.807) is 18.0 Å². The lowest BCUT2D eigenvalue weighted by Gasteiger charge is -2.28. The summed E-state index contributed by atoms with van der Waals surface area (Å²) in [7, 11) is 3.48. The monoisotopic (exact) mass is 470 g/mol. The SMILES string of the molecule is COc1c(C(=O)N[C@H]2CCCC[C@@H]2O)cc(Cc2ccc(-c3cnn(C)c3)nc2)c2ccccc12. The van der Waals surface area contributed by atoms with Gasteiger partial charge in [-0.2, -0.15) is 5.10 Å². The minimum absolute atomic E-state index is 0.218. The normalized spacial score (nSPS) is 17.9. The maximum absolute atomic E-state index is 13.4. The predicted octanol–water partition coefficient (Wildman–Crippen LogP) is 4.27. The fraction of sp³-hybridized carbons (Fsp3) is 0.321. The van der Waals surface area contributed by atoms with Crippen molar-refractivity contribution in [1.29, 1.82) is 0 Å². The van der Waals surface area contributed by atoms with Gasteiger partial charge in [-0.15, -0.1) is 0 Å². The second kappa shape index (κ2) is 9.88. The van der Waals surface area contributed by atoms with Crippen LogP contribution in [0.2, 0.25) is 0 Å². The number of aliphatic hydroxyl groups is 1. The number of nitrogens with zero attached hydrogens (tertiary/aromatic N) is 3. The molecule has 1 amide bonds. The van der Waals surface area contributed by atoms with Crippen LogP contribution < -0.4 is 10.1 Å². The molecule has 2 aromatic heterocycles. The molecule has 1 fully saturated rings. The summed E-state index contributed by atoms with van der Waals surface area (Å²) in [6, 6.07) is 13.7. The number of nitrogens with one attached hydrogen (secondary N) is 1. The largest absolute Gasteiger partial charge is 0.495 e. The first kappa shape index (κ1) is 23.1. The van der Waals surface area contributed by atoms with Gasteiger partial charge in [0.2, 0.25) is 0 Å². The number of fused-ring (bicyclic) bond motifs is 1. The fourth-order valence-corrected chi connectivity index (χ4v) is 4.96. The van der Waals surface area contributed by atoms with Crippen molar-refractivity contribution in [1.82, 2.24) is 20.1 Å². The molecule has 5 rings (SSSR count). The van der Waals surface area contributed by atoms with E-state index in [0.717, 1.165) is 52.4 Å². The Morgan fingerprint density at radius 1 is 1.14 bits per heavy atom. The van der Waals surface area contributed by atoms with Gasteiger partial charge in [0.15, 0.2) is 0 Å². The molecule has 1 aliphatic carbocycles. The first-order valence-corrected chi connectivity index (χ1v) is 12.0. The lowest BCUT2D eigenvalue weighted by Crippen LogP contribution is -2.45. The lowest BCUT2D eigenvalue weighted by molar-refractivity contribution is 0.0715. The zero-order valence-corrected chi connectivity index (χ0v) is 20.1. The van der Waals surface area contributed by atoms with Crippen molar-refractivity contribution >= 4 is 16.7 Å². The van der Waals surface area contributed by atoms with Crippen LogP contribution in [0.5, 0.6) is 5.75 Å². The van der Waals surface area contributed by atoms with Gasteiger partial charge in [-0.1, -0.05) is 43.2 Å². The Bertz CT molecular complexity index is 1350. The molecule has 4 aromatic rings. The number of amides is 1. The van der Waals surface area contributed by atoms with E-state index in [1.807, 2.05) is 49.8 Å². The number of aryl methyl sites for hydroxylation is 1. The number of aromatic nitrogens is 3.